The molecule has 3 rings (SSSR count). The van der Waals surface area contributed by atoms with Gasteiger partial charge in [-0.1, -0.05) is 25.3 Å². The molecule has 1 atom stereocenters. The van der Waals surface area contributed by atoms with Gasteiger partial charge in [-0.3, -0.25) is 0 Å². The van der Waals surface area contributed by atoms with Crippen LogP contribution in [0.4, 0.5) is 5.69 Å². The average molecular weight is 322 g/mol. The van der Waals surface area contributed by atoms with Crippen molar-refractivity contribution in [1.29, 1.82) is 0 Å². The maximum absolute atomic E-state index is 3.86. The van der Waals surface area contributed by atoms with Crippen LogP contribution in [-0.2, 0) is 0 Å². The lowest BCUT2D eigenvalue weighted by atomic mass is 9.57. The molecule has 0 amide bonds. The number of hydrogen-bond donors (Lipinski definition) is 1. The Hall–Kier alpha value is -0.500. The van der Waals surface area contributed by atoms with E-state index >= 15 is 0 Å². The van der Waals surface area contributed by atoms with Crippen molar-refractivity contribution in [3.05, 3.63) is 27.7 Å². The van der Waals surface area contributed by atoms with Gasteiger partial charge in [0.05, 0.1) is 5.69 Å². The van der Waals surface area contributed by atoms with Gasteiger partial charge in [-0.2, -0.15) is 0 Å². The smallest absolute Gasteiger partial charge is 0.0516 e. The second kappa shape index (κ2) is 5.12. The molecule has 1 aromatic carbocycles. The van der Waals surface area contributed by atoms with Gasteiger partial charge in [-0.25, -0.2) is 0 Å². The lowest BCUT2D eigenvalue weighted by Crippen LogP contribution is -2.50. The summed E-state index contributed by atoms with van der Waals surface area (Å²) in [5, 5.41) is 3.86. The number of anilines is 1. The van der Waals surface area contributed by atoms with Gasteiger partial charge in [-0.05, 0) is 78.1 Å². The van der Waals surface area contributed by atoms with E-state index in [1.54, 1.807) is 0 Å². The van der Waals surface area contributed by atoms with E-state index < -0.39 is 0 Å². The summed E-state index contributed by atoms with van der Waals surface area (Å²) >= 11 is 3.73. The predicted octanol–water partition coefficient (Wildman–Crippen LogP) is 5.59. The standard InChI is InChI=1S/C17H24BrN/c1-12-10-13(2)16(14(18)11-12)19-15-6-9-17(15)7-4-3-5-8-17/h10-11,15,19H,3-9H2,1-2H3. The van der Waals surface area contributed by atoms with Gasteiger partial charge in [0.25, 0.3) is 0 Å². The van der Waals surface area contributed by atoms with Crippen molar-refractivity contribution >= 4 is 21.6 Å². The molecule has 2 heteroatoms. The predicted molar refractivity (Wildman–Crippen MR) is 85.8 cm³/mol. The SMILES string of the molecule is Cc1cc(C)c(NC2CCC23CCCCC3)c(Br)c1. The molecular formula is C17H24BrN. The minimum atomic E-state index is 0.620. The second-order valence-corrected chi connectivity index (χ2v) is 7.45. The van der Waals surface area contributed by atoms with Crippen molar-refractivity contribution < 1.29 is 0 Å². The zero-order chi connectivity index (χ0) is 13.5. The number of hydrogen-bond acceptors (Lipinski definition) is 1. The third-order valence-corrected chi connectivity index (χ3v) is 5.90. The van der Waals surface area contributed by atoms with Crippen molar-refractivity contribution in [2.24, 2.45) is 5.41 Å². The summed E-state index contributed by atoms with van der Waals surface area (Å²) in [6.45, 7) is 4.37. The summed E-state index contributed by atoms with van der Waals surface area (Å²) in [6.07, 6.45) is 9.98. The van der Waals surface area contributed by atoms with Crippen LogP contribution in [0.5, 0.6) is 0 Å². The molecule has 1 spiro atoms. The Kier molecular flexibility index (Phi) is 3.63. The van der Waals surface area contributed by atoms with Gasteiger partial charge in [0, 0.05) is 10.5 Å². The Labute approximate surface area is 125 Å². The molecule has 19 heavy (non-hydrogen) atoms. The van der Waals surface area contributed by atoms with Gasteiger partial charge in [0.15, 0.2) is 0 Å². The van der Waals surface area contributed by atoms with E-state index in [1.807, 2.05) is 0 Å². The number of nitrogens with one attached hydrogen (secondary N) is 1. The summed E-state index contributed by atoms with van der Waals surface area (Å²) in [4.78, 5) is 0. The highest BCUT2D eigenvalue weighted by atomic mass is 79.9. The van der Waals surface area contributed by atoms with E-state index in [0.29, 0.717) is 11.5 Å². The van der Waals surface area contributed by atoms with E-state index in [2.05, 4.69) is 47.2 Å². The van der Waals surface area contributed by atoms with Gasteiger partial charge in [0.1, 0.15) is 0 Å². The van der Waals surface area contributed by atoms with Crippen LogP contribution in [-0.4, -0.2) is 6.04 Å². The molecule has 0 heterocycles. The minimum absolute atomic E-state index is 0.620. The second-order valence-electron chi connectivity index (χ2n) is 6.60. The molecule has 1 unspecified atom stereocenters. The van der Waals surface area contributed by atoms with Crippen LogP contribution in [0.25, 0.3) is 0 Å². The van der Waals surface area contributed by atoms with Crippen molar-refractivity contribution in [2.45, 2.75) is 64.8 Å². The van der Waals surface area contributed by atoms with Crippen LogP contribution in [0.3, 0.4) is 0 Å². The van der Waals surface area contributed by atoms with Crippen molar-refractivity contribution in [2.75, 3.05) is 5.32 Å². The number of rotatable bonds is 2. The summed E-state index contributed by atoms with van der Waals surface area (Å²) < 4.78 is 1.22. The van der Waals surface area contributed by atoms with Gasteiger partial charge < -0.3 is 5.32 Å². The highest BCUT2D eigenvalue weighted by Gasteiger charge is 2.46. The maximum atomic E-state index is 3.86. The fraction of sp³-hybridized carbons (Fsp3) is 0.647. The van der Waals surface area contributed by atoms with Crippen molar-refractivity contribution in [3.63, 3.8) is 0 Å². The normalized spacial score (nSPS) is 25.1. The Morgan fingerprint density at radius 1 is 1.11 bits per heavy atom. The van der Waals surface area contributed by atoms with Crippen LogP contribution in [0, 0.1) is 19.3 Å². The zero-order valence-corrected chi connectivity index (χ0v) is 13.6. The first kappa shape index (κ1) is 13.5. The van der Waals surface area contributed by atoms with Gasteiger partial charge in [0.2, 0.25) is 0 Å². The maximum Gasteiger partial charge on any atom is 0.0516 e. The molecule has 0 aliphatic heterocycles. The third kappa shape index (κ3) is 2.44. The fourth-order valence-electron chi connectivity index (χ4n) is 4.05. The van der Waals surface area contributed by atoms with Crippen LogP contribution in [0.1, 0.15) is 56.1 Å². The molecule has 0 bridgehead atoms. The first-order chi connectivity index (χ1) is 9.11. The summed E-state index contributed by atoms with van der Waals surface area (Å²) in [6, 6.07) is 5.20. The van der Waals surface area contributed by atoms with E-state index in [9.17, 15) is 0 Å². The fourth-order valence-corrected chi connectivity index (χ4v) is 4.84. The topological polar surface area (TPSA) is 12.0 Å². The van der Waals surface area contributed by atoms with E-state index in [4.69, 9.17) is 0 Å². The highest BCUT2D eigenvalue weighted by Crippen LogP contribution is 2.53. The summed E-state index contributed by atoms with van der Waals surface area (Å²) in [7, 11) is 0. The Bertz CT molecular complexity index is 451. The molecular weight excluding hydrogens is 298 g/mol. The molecule has 104 valence electrons. The summed E-state index contributed by atoms with van der Waals surface area (Å²) in [5.41, 5.74) is 4.63. The molecule has 2 fully saturated rings. The summed E-state index contributed by atoms with van der Waals surface area (Å²) in [5.74, 6) is 0. The zero-order valence-electron chi connectivity index (χ0n) is 12.1. The van der Waals surface area contributed by atoms with Crippen molar-refractivity contribution in [3.8, 4) is 0 Å². The highest BCUT2D eigenvalue weighted by molar-refractivity contribution is 9.10. The number of aryl methyl sites for hydroxylation is 2. The van der Waals surface area contributed by atoms with Gasteiger partial charge in [-0.15, -0.1) is 0 Å². The van der Waals surface area contributed by atoms with E-state index in [1.165, 1.54) is 66.2 Å². The monoisotopic (exact) mass is 321 g/mol. The third-order valence-electron chi connectivity index (χ3n) is 5.27. The molecule has 0 saturated heterocycles. The Morgan fingerprint density at radius 3 is 2.42 bits per heavy atom. The number of benzene rings is 1. The minimum Gasteiger partial charge on any atom is -0.381 e. The van der Waals surface area contributed by atoms with Crippen LogP contribution in [0.2, 0.25) is 0 Å². The molecule has 2 aliphatic carbocycles. The molecule has 1 N–H and O–H groups in total. The molecule has 0 radical (unpaired) electrons. The Balaban J connectivity index is 1.79. The first-order valence-electron chi connectivity index (χ1n) is 7.64. The molecule has 1 nitrogen and oxygen atoms in total. The quantitative estimate of drug-likeness (QED) is 0.748. The lowest BCUT2D eigenvalue weighted by molar-refractivity contribution is 0.0571. The molecule has 0 aromatic heterocycles. The van der Waals surface area contributed by atoms with Crippen LogP contribution in [0.15, 0.2) is 16.6 Å². The molecule has 2 saturated carbocycles. The van der Waals surface area contributed by atoms with Crippen LogP contribution >= 0.6 is 15.9 Å². The molecule has 2 aliphatic rings. The van der Waals surface area contributed by atoms with E-state index in [0.717, 1.165) is 0 Å². The van der Waals surface area contributed by atoms with E-state index in [-0.39, 0.29) is 0 Å². The molecule has 1 aromatic rings. The van der Waals surface area contributed by atoms with Gasteiger partial charge >= 0.3 is 0 Å². The number of halogens is 1. The van der Waals surface area contributed by atoms with Crippen LogP contribution < -0.4 is 5.32 Å². The Morgan fingerprint density at radius 2 is 1.84 bits per heavy atom. The first-order valence-corrected chi connectivity index (χ1v) is 8.43. The largest absolute Gasteiger partial charge is 0.381 e. The average Bonchev–Trinajstić information content (AvgIpc) is 2.37. The van der Waals surface area contributed by atoms with Crippen molar-refractivity contribution in [1.82, 2.24) is 0 Å². The lowest BCUT2D eigenvalue weighted by Gasteiger charge is -2.53.